The highest BCUT2D eigenvalue weighted by molar-refractivity contribution is 8.00. The maximum atomic E-state index is 3.78. The molecule has 0 aliphatic heterocycles. The van der Waals surface area contributed by atoms with Gasteiger partial charge in [-0.1, -0.05) is 13.3 Å². The number of nitrogens with one attached hydrogen (secondary N) is 1. The fourth-order valence-corrected chi connectivity index (χ4v) is 3.29. The molecule has 0 spiro atoms. The highest BCUT2D eigenvalue weighted by atomic mass is 32.2. The van der Waals surface area contributed by atoms with Crippen LogP contribution in [0.3, 0.4) is 0 Å². The lowest BCUT2D eigenvalue weighted by molar-refractivity contribution is 0.475. The third-order valence-corrected chi connectivity index (χ3v) is 5.49. The average Bonchev–Trinajstić information content (AvgIpc) is 2.86. The summed E-state index contributed by atoms with van der Waals surface area (Å²) in [6.45, 7) is 3.59. The first-order chi connectivity index (χ1) is 6.78. The van der Waals surface area contributed by atoms with Gasteiger partial charge in [0, 0.05) is 17.3 Å². The second kappa shape index (κ2) is 4.44. The standard InChI is InChI=1S/C12H23NS/c1-3-10-4-5-11(8-10)13-9-12(14-2)6-7-12/h10-11,13H,3-9H2,1-2H3. The van der Waals surface area contributed by atoms with E-state index in [1.54, 1.807) is 0 Å². The maximum Gasteiger partial charge on any atom is 0.0282 e. The second-order valence-corrected chi connectivity index (χ2v) is 6.33. The molecule has 0 amide bonds. The summed E-state index contributed by atoms with van der Waals surface area (Å²) in [5.74, 6) is 1.01. The van der Waals surface area contributed by atoms with E-state index in [4.69, 9.17) is 0 Å². The predicted octanol–water partition coefficient (Wildman–Crippen LogP) is 3.05. The lowest BCUT2D eigenvalue weighted by Gasteiger charge is -2.18. The molecule has 2 atom stereocenters. The molecule has 1 N–H and O–H groups in total. The van der Waals surface area contributed by atoms with E-state index in [-0.39, 0.29) is 0 Å². The summed E-state index contributed by atoms with van der Waals surface area (Å²) in [4.78, 5) is 0. The van der Waals surface area contributed by atoms with E-state index in [0.717, 1.165) is 12.0 Å². The number of thioether (sulfide) groups is 1. The van der Waals surface area contributed by atoms with Crippen LogP contribution in [-0.4, -0.2) is 23.6 Å². The molecule has 0 aromatic carbocycles. The molecule has 0 radical (unpaired) electrons. The Balaban J connectivity index is 1.67. The molecule has 0 aromatic heterocycles. The quantitative estimate of drug-likeness (QED) is 0.753. The minimum Gasteiger partial charge on any atom is -0.313 e. The maximum absolute atomic E-state index is 3.78. The van der Waals surface area contributed by atoms with Gasteiger partial charge in [-0.05, 0) is 44.3 Å². The fourth-order valence-electron chi connectivity index (χ4n) is 2.55. The van der Waals surface area contributed by atoms with E-state index in [1.807, 2.05) is 0 Å². The van der Waals surface area contributed by atoms with Gasteiger partial charge in [0.05, 0.1) is 0 Å². The van der Waals surface area contributed by atoms with Crippen LogP contribution in [0, 0.1) is 5.92 Å². The van der Waals surface area contributed by atoms with Gasteiger partial charge in [-0.3, -0.25) is 0 Å². The van der Waals surface area contributed by atoms with E-state index in [1.165, 1.54) is 45.1 Å². The molecule has 14 heavy (non-hydrogen) atoms. The molecule has 2 aliphatic carbocycles. The normalized spacial score (nSPS) is 34.7. The van der Waals surface area contributed by atoms with Crippen LogP contribution in [0.2, 0.25) is 0 Å². The Hall–Kier alpha value is 0.310. The van der Waals surface area contributed by atoms with Crippen LogP contribution >= 0.6 is 11.8 Å². The van der Waals surface area contributed by atoms with Crippen molar-refractivity contribution in [3.05, 3.63) is 0 Å². The van der Waals surface area contributed by atoms with Gasteiger partial charge in [-0.2, -0.15) is 11.8 Å². The Morgan fingerprint density at radius 1 is 1.36 bits per heavy atom. The van der Waals surface area contributed by atoms with Gasteiger partial charge >= 0.3 is 0 Å². The van der Waals surface area contributed by atoms with Crippen molar-refractivity contribution in [1.29, 1.82) is 0 Å². The SMILES string of the molecule is CCC1CCC(NCC2(SC)CC2)C1. The Bertz CT molecular complexity index is 189. The first kappa shape index (κ1) is 10.8. The fraction of sp³-hybridized carbons (Fsp3) is 1.00. The molecule has 2 fully saturated rings. The zero-order chi connectivity index (χ0) is 10.0. The van der Waals surface area contributed by atoms with Crippen LogP contribution in [0.4, 0.5) is 0 Å². The molecule has 0 bridgehead atoms. The summed E-state index contributed by atoms with van der Waals surface area (Å²) in [6, 6.07) is 0.838. The summed E-state index contributed by atoms with van der Waals surface area (Å²) in [7, 11) is 0. The van der Waals surface area contributed by atoms with Crippen LogP contribution in [0.1, 0.15) is 45.4 Å². The lowest BCUT2D eigenvalue weighted by atomic mass is 10.1. The van der Waals surface area contributed by atoms with Gasteiger partial charge < -0.3 is 5.32 Å². The molecular weight excluding hydrogens is 190 g/mol. The topological polar surface area (TPSA) is 12.0 Å². The molecule has 0 heterocycles. The van der Waals surface area contributed by atoms with E-state index < -0.39 is 0 Å². The van der Waals surface area contributed by atoms with Gasteiger partial charge in [0.1, 0.15) is 0 Å². The van der Waals surface area contributed by atoms with E-state index in [9.17, 15) is 0 Å². The molecule has 0 saturated heterocycles. The van der Waals surface area contributed by atoms with Crippen molar-refractivity contribution >= 4 is 11.8 Å². The van der Waals surface area contributed by atoms with E-state index in [0.29, 0.717) is 4.75 Å². The van der Waals surface area contributed by atoms with Gasteiger partial charge in [0.25, 0.3) is 0 Å². The van der Waals surface area contributed by atoms with Crippen LogP contribution in [-0.2, 0) is 0 Å². The van der Waals surface area contributed by atoms with Crippen molar-refractivity contribution in [1.82, 2.24) is 5.32 Å². The van der Waals surface area contributed by atoms with Crippen molar-refractivity contribution in [2.75, 3.05) is 12.8 Å². The molecule has 2 unspecified atom stereocenters. The summed E-state index contributed by atoms with van der Waals surface area (Å²) in [5.41, 5.74) is 0. The van der Waals surface area contributed by atoms with Crippen molar-refractivity contribution < 1.29 is 0 Å². The number of hydrogen-bond donors (Lipinski definition) is 1. The number of hydrogen-bond acceptors (Lipinski definition) is 2. The highest BCUT2D eigenvalue weighted by Crippen LogP contribution is 2.46. The Morgan fingerprint density at radius 3 is 2.64 bits per heavy atom. The minimum absolute atomic E-state index is 0.643. The zero-order valence-electron chi connectivity index (χ0n) is 9.51. The van der Waals surface area contributed by atoms with Crippen LogP contribution in [0.15, 0.2) is 0 Å². The third-order valence-electron chi connectivity index (χ3n) is 4.07. The zero-order valence-corrected chi connectivity index (χ0v) is 10.3. The first-order valence-corrected chi connectivity index (χ1v) is 7.29. The first-order valence-electron chi connectivity index (χ1n) is 6.06. The third kappa shape index (κ3) is 2.46. The second-order valence-electron chi connectivity index (χ2n) is 5.05. The summed E-state index contributed by atoms with van der Waals surface area (Å²) in [5, 5.41) is 3.78. The Labute approximate surface area is 92.4 Å². The molecule has 2 aliphatic rings. The molecule has 1 nitrogen and oxygen atoms in total. The van der Waals surface area contributed by atoms with Crippen molar-refractivity contribution in [3.8, 4) is 0 Å². The summed E-state index contributed by atoms with van der Waals surface area (Å²) >= 11 is 2.07. The van der Waals surface area contributed by atoms with Crippen molar-refractivity contribution in [2.24, 2.45) is 5.92 Å². The molecule has 2 heteroatoms. The van der Waals surface area contributed by atoms with Gasteiger partial charge in [0.2, 0.25) is 0 Å². The molecule has 2 saturated carbocycles. The monoisotopic (exact) mass is 213 g/mol. The average molecular weight is 213 g/mol. The van der Waals surface area contributed by atoms with E-state index in [2.05, 4.69) is 30.3 Å². The van der Waals surface area contributed by atoms with Gasteiger partial charge in [-0.25, -0.2) is 0 Å². The Morgan fingerprint density at radius 2 is 2.14 bits per heavy atom. The molecule has 2 rings (SSSR count). The summed E-state index contributed by atoms with van der Waals surface area (Å²) in [6.07, 6.45) is 10.8. The van der Waals surface area contributed by atoms with Crippen LogP contribution in [0.5, 0.6) is 0 Å². The van der Waals surface area contributed by atoms with Gasteiger partial charge in [-0.15, -0.1) is 0 Å². The van der Waals surface area contributed by atoms with Crippen molar-refractivity contribution in [2.45, 2.75) is 56.2 Å². The molecular formula is C12H23NS. The van der Waals surface area contributed by atoms with E-state index >= 15 is 0 Å². The molecule has 82 valence electrons. The number of rotatable bonds is 5. The molecule has 0 aromatic rings. The van der Waals surface area contributed by atoms with Gasteiger partial charge in [0.15, 0.2) is 0 Å². The smallest absolute Gasteiger partial charge is 0.0282 e. The van der Waals surface area contributed by atoms with Crippen molar-refractivity contribution in [3.63, 3.8) is 0 Å². The van der Waals surface area contributed by atoms with Crippen LogP contribution in [0.25, 0.3) is 0 Å². The minimum atomic E-state index is 0.643. The predicted molar refractivity (Wildman–Crippen MR) is 64.9 cm³/mol. The lowest BCUT2D eigenvalue weighted by Crippen LogP contribution is -2.33. The Kier molecular flexibility index (Phi) is 3.43. The largest absolute Gasteiger partial charge is 0.313 e. The highest BCUT2D eigenvalue weighted by Gasteiger charge is 2.42. The summed E-state index contributed by atoms with van der Waals surface area (Å²) < 4.78 is 0.643. The van der Waals surface area contributed by atoms with Crippen LogP contribution < -0.4 is 5.32 Å².